The van der Waals surface area contributed by atoms with Crippen LogP contribution in [-0.4, -0.2) is 35.1 Å². The lowest BCUT2D eigenvalue weighted by molar-refractivity contribution is 0.0601. The van der Waals surface area contributed by atoms with Crippen LogP contribution in [0.1, 0.15) is 55.1 Å². The van der Waals surface area contributed by atoms with Crippen LogP contribution in [0, 0.1) is 0 Å². The number of H-pyrrole nitrogens is 1. The van der Waals surface area contributed by atoms with Crippen LogP contribution in [0.2, 0.25) is 0 Å². The van der Waals surface area contributed by atoms with Crippen molar-refractivity contribution in [3.63, 3.8) is 0 Å². The van der Waals surface area contributed by atoms with Crippen LogP contribution >= 0.6 is 0 Å². The van der Waals surface area contributed by atoms with Crippen LogP contribution < -0.4 is 11.1 Å². The standard InChI is InChI=1S/C18H26N4O2/c1-3-4-13-9-14-16(21-12-7-5-11(19)6-8-12)15(18(23)24-2)10-20-17(14)22-13/h9-12H,3-8,19H2,1-2H3,(H2,20,21,22)/t11-,12-. The molecule has 6 heteroatoms. The lowest BCUT2D eigenvalue weighted by atomic mass is 9.91. The number of ether oxygens (including phenoxy) is 1. The summed E-state index contributed by atoms with van der Waals surface area (Å²) in [6.45, 7) is 2.14. The number of anilines is 1. The minimum Gasteiger partial charge on any atom is -0.465 e. The number of rotatable bonds is 5. The first kappa shape index (κ1) is 16.8. The molecule has 2 aromatic heterocycles. The van der Waals surface area contributed by atoms with Gasteiger partial charge in [0.25, 0.3) is 0 Å². The van der Waals surface area contributed by atoms with Gasteiger partial charge in [0.15, 0.2) is 0 Å². The van der Waals surface area contributed by atoms with Crippen molar-refractivity contribution in [3.8, 4) is 0 Å². The number of methoxy groups -OCH3 is 1. The minimum absolute atomic E-state index is 0.295. The predicted octanol–water partition coefficient (Wildman–Crippen LogP) is 2.98. The number of fused-ring (bicyclic) bond motifs is 1. The van der Waals surface area contributed by atoms with Gasteiger partial charge in [0.05, 0.1) is 12.8 Å². The summed E-state index contributed by atoms with van der Waals surface area (Å²) in [6.07, 6.45) is 7.65. The zero-order valence-corrected chi connectivity index (χ0v) is 14.4. The smallest absolute Gasteiger partial charge is 0.341 e. The fourth-order valence-corrected chi connectivity index (χ4v) is 3.42. The molecule has 1 fully saturated rings. The molecule has 0 bridgehead atoms. The molecule has 0 saturated heterocycles. The quantitative estimate of drug-likeness (QED) is 0.733. The van der Waals surface area contributed by atoms with E-state index in [1.807, 2.05) is 0 Å². The lowest BCUT2D eigenvalue weighted by Gasteiger charge is -2.28. The van der Waals surface area contributed by atoms with Crippen LogP contribution in [0.15, 0.2) is 12.3 Å². The van der Waals surface area contributed by atoms with Gasteiger partial charge in [-0.1, -0.05) is 13.3 Å². The summed E-state index contributed by atoms with van der Waals surface area (Å²) in [6, 6.07) is 2.71. The van der Waals surface area contributed by atoms with Gasteiger partial charge in [-0.2, -0.15) is 0 Å². The zero-order chi connectivity index (χ0) is 17.1. The van der Waals surface area contributed by atoms with Crippen molar-refractivity contribution in [2.45, 2.75) is 57.5 Å². The minimum atomic E-state index is -0.363. The summed E-state index contributed by atoms with van der Waals surface area (Å²) < 4.78 is 4.94. The third kappa shape index (κ3) is 3.38. The van der Waals surface area contributed by atoms with Gasteiger partial charge in [-0.3, -0.25) is 0 Å². The van der Waals surface area contributed by atoms with Crippen molar-refractivity contribution < 1.29 is 9.53 Å². The van der Waals surface area contributed by atoms with Crippen LogP contribution in [0.25, 0.3) is 11.0 Å². The van der Waals surface area contributed by atoms with Gasteiger partial charge in [0.2, 0.25) is 0 Å². The number of aromatic nitrogens is 2. The first-order valence-corrected chi connectivity index (χ1v) is 8.73. The van der Waals surface area contributed by atoms with Crippen LogP contribution in [-0.2, 0) is 11.2 Å². The molecule has 1 saturated carbocycles. The van der Waals surface area contributed by atoms with Gasteiger partial charge in [-0.25, -0.2) is 9.78 Å². The lowest BCUT2D eigenvalue weighted by Crippen LogP contribution is -2.33. The highest BCUT2D eigenvalue weighted by molar-refractivity contribution is 6.04. The summed E-state index contributed by atoms with van der Waals surface area (Å²) in [7, 11) is 1.40. The van der Waals surface area contributed by atoms with E-state index in [1.165, 1.54) is 7.11 Å². The number of nitrogens with one attached hydrogen (secondary N) is 2. The summed E-state index contributed by atoms with van der Waals surface area (Å²) in [5.41, 5.74) is 9.25. The van der Waals surface area contributed by atoms with E-state index >= 15 is 0 Å². The summed E-state index contributed by atoms with van der Waals surface area (Å²) in [5.74, 6) is -0.363. The molecule has 0 atom stereocenters. The molecule has 4 N–H and O–H groups in total. The van der Waals surface area contributed by atoms with Crippen molar-refractivity contribution in [2.75, 3.05) is 12.4 Å². The zero-order valence-electron chi connectivity index (χ0n) is 14.4. The van der Waals surface area contributed by atoms with E-state index < -0.39 is 0 Å². The molecule has 0 aliphatic heterocycles. The molecular weight excluding hydrogens is 304 g/mol. The van der Waals surface area contributed by atoms with Gasteiger partial charge < -0.3 is 20.8 Å². The Labute approximate surface area is 142 Å². The second-order valence-corrected chi connectivity index (χ2v) is 6.60. The second kappa shape index (κ2) is 7.21. The number of esters is 1. The summed E-state index contributed by atoms with van der Waals surface area (Å²) in [5, 5.41) is 4.52. The van der Waals surface area contributed by atoms with E-state index in [-0.39, 0.29) is 5.97 Å². The maximum Gasteiger partial charge on any atom is 0.341 e. The molecule has 0 unspecified atom stereocenters. The number of hydrogen-bond donors (Lipinski definition) is 3. The Kier molecular flexibility index (Phi) is 5.04. The molecular formula is C18H26N4O2. The number of pyridine rings is 1. The Bertz CT molecular complexity index is 717. The predicted molar refractivity (Wildman–Crippen MR) is 95.3 cm³/mol. The average Bonchev–Trinajstić information content (AvgIpc) is 3.00. The maximum atomic E-state index is 12.2. The molecule has 0 aromatic carbocycles. The van der Waals surface area contributed by atoms with Gasteiger partial charge in [-0.15, -0.1) is 0 Å². The second-order valence-electron chi connectivity index (χ2n) is 6.60. The Balaban J connectivity index is 1.98. The van der Waals surface area contributed by atoms with Gasteiger partial charge in [-0.05, 0) is 38.2 Å². The van der Waals surface area contributed by atoms with E-state index in [2.05, 4.69) is 28.3 Å². The highest BCUT2D eigenvalue weighted by atomic mass is 16.5. The third-order valence-electron chi connectivity index (χ3n) is 4.76. The van der Waals surface area contributed by atoms with Crippen LogP contribution in [0.5, 0.6) is 0 Å². The van der Waals surface area contributed by atoms with Crippen molar-refractivity contribution in [2.24, 2.45) is 5.73 Å². The van der Waals surface area contributed by atoms with Gasteiger partial charge in [0.1, 0.15) is 11.2 Å². The molecule has 3 rings (SSSR count). The van der Waals surface area contributed by atoms with Crippen molar-refractivity contribution in [3.05, 3.63) is 23.5 Å². The molecule has 1 aliphatic carbocycles. The summed E-state index contributed by atoms with van der Waals surface area (Å²) >= 11 is 0. The molecule has 130 valence electrons. The molecule has 1 aliphatic rings. The Morgan fingerprint density at radius 1 is 1.42 bits per heavy atom. The fraction of sp³-hybridized carbons (Fsp3) is 0.556. The highest BCUT2D eigenvalue weighted by Crippen LogP contribution is 2.31. The topological polar surface area (TPSA) is 93.0 Å². The summed E-state index contributed by atoms with van der Waals surface area (Å²) in [4.78, 5) is 19.9. The van der Waals surface area contributed by atoms with Crippen molar-refractivity contribution in [1.29, 1.82) is 0 Å². The first-order chi connectivity index (χ1) is 11.6. The Morgan fingerprint density at radius 3 is 2.83 bits per heavy atom. The largest absolute Gasteiger partial charge is 0.465 e. The fourth-order valence-electron chi connectivity index (χ4n) is 3.42. The van der Waals surface area contributed by atoms with Crippen LogP contribution in [0.3, 0.4) is 0 Å². The monoisotopic (exact) mass is 330 g/mol. The number of carbonyl (C=O) groups excluding carboxylic acids is 1. The van der Waals surface area contributed by atoms with E-state index in [0.29, 0.717) is 17.6 Å². The Hall–Kier alpha value is -2.08. The number of nitrogens with two attached hydrogens (primary N) is 1. The number of hydrogen-bond acceptors (Lipinski definition) is 5. The number of carbonyl (C=O) groups is 1. The number of aryl methyl sites for hydroxylation is 1. The molecule has 2 heterocycles. The van der Waals surface area contributed by atoms with Crippen molar-refractivity contribution >= 4 is 22.7 Å². The number of nitrogens with zero attached hydrogens (tertiary/aromatic N) is 1. The normalized spacial score (nSPS) is 21.0. The maximum absolute atomic E-state index is 12.2. The van der Waals surface area contributed by atoms with E-state index in [4.69, 9.17) is 10.5 Å². The molecule has 6 nitrogen and oxygen atoms in total. The molecule has 0 radical (unpaired) electrons. The molecule has 0 amide bonds. The Morgan fingerprint density at radius 2 is 2.17 bits per heavy atom. The number of aromatic amines is 1. The van der Waals surface area contributed by atoms with E-state index in [1.54, 1.807) is 6.20 Å². The molecule has 0 spiro atoms. The highest BCUT2D eigenvalue weighted by Gasteiger charge is 2.23. The van der Waals surface area contributed by atoms with Gasteiger partial charge >= 0.3 is 5.97 Å². The van der Waals surface area contributed by atoms with E-state index in [9.17, 15) is 4.79 Å². The third-order valence-corrected chi connectivity index (χ3v) is 4.76. The SMILES string of the molecule is CCCc1cc2c(N[C@H]3CC[C@H](N)CC3)c(C(=O)OC)cnc2[nH]1. The first-order valence-electron chi connectivity index (χ1n) is 8.73. The molecule has 2 aromatic rings. The van der Waals surface area contributed by atoms with Gasteiger partial charge in [0, 0.05) is 29.4 Å². The molecule has 24 heavy (non-hydrogen) atoms. The van der Waals surface area contributed by atoms with E-state index in [0.717, 1.165) is 60.9 Å². The van der Waals surface area contributed by atoms with Crippen molar-refractivity contribution in [1.82, 2.24) is 9.97 Å². The van der Waals surface area contributed by atoms with Crippen LogP contribution in [0.4, 0.5) is 5.69 Å². The average molecular weight is 330 g/mol.